The summed E-state index contributed by atoms with van der Waals surface area (Å²) in [5.74, 6) is -0.605. The topological polar surface area (TPSA) is 132 Å². The minimum Gasteiger partial charge on any atom is -0.508 e. The summed E-state index contributed by atoms with van der Waals surface area (Å²) >= 11 is 1.45. The van der Waals surface area contributed by atoms with E-state index in [4.69, 9.17) is 0 Å². The van der Waals surface area contributed by atoms with Gasteiger partial charge in [0.25, 0.3) is 11.8 Å². The maximum absolute atomic E-state index is 13.7. The van der Waals surface area contributed by atoms with Gasteiger partial charge < -0.3 is 25.7 Å². The predicted octanol–water partition coefficient (Wildman–Crippen LogP) is 3.14. The molecule has 3 aromatic rings. The molecule has 0 bridgehead atoms. The van der Waals surface area contributed by atoms with E-state index in [1.165, 1.54) is 22.7 Å². The summed E-state index contributed by atoms with van der Waals surface area (Å²) in [7, 11) is 0. The number of thioether (sulfide) groups is 1. The second kappa shape index (κ2) is 14.1. The first kappa shape index (κ1) is 30.1. The lowest BCUT2D eigenvalue weighted by atomic mass is 9.99. The Hall–Kier alpha value is -3.89. The fourth-order valence-corrected chi connectivity index (χ4v) is 5.57. The highest BCUT2D eigenvalue weighted by Gasteiger charge is 2.33. The molecule has 2 aromatic carbocycles. The van der Waals surface area contributed by atoms with Gasteiger partial charge in [-0.2, -0.15) is 0 Å². The Morgan fingerprint density at radius 1 is 1.10 bits per heavy atom. The van der Waals surface area contributed by atoms with Crippen molar-refractivity contribution in [3.8, 4) is 5.75 Å². The zero-order valence-corrected chi connectivity index (χ0v) is 24.1. The SMILES string of the molecule is CCSCN(CC(=O)N[C@H]1CCc2ncccc21)C(=O)[C@@H](O)[C@H](Cc1ccccc1)NC(=O)c1cccc(O)c1C. The molecule has 1 aromatic heterocycles. The second-order valence-electron chi connectivity index (χ2n) is 10.0. The van der Waals surface area contributed by atoms with Crippen molar-refractivity contribution in [2.45, 2.75) is 51.3 Å². The number of carbonyl (C=O) groups excluding carboxylic acids is 3. The molecule has 0 radical (unpaired) electrons. The van der Waals surface area contributed by atoms with Crippen LogP contribution in [0, 0.1) is 6.92 Å². The van der Waals surface area contributed by atoms with Crippen LogP contribution in [0.5, 0.6) is 5.75 Å². The number of aromatic hydroxyl groups is 1. The average molecular weight is 577 g/mol. The van der Waals surface area contributed by atoms with Crippen molar-refractivity contribution in [2.75, 3.05) is 18.2 Å². The van der Waals surface area contributed by atoms with Gasteiger partial charge in [0.15, 0.2) is 6.10 Å². The quantitative estimate of drug-likeness (QED) is 0.244. The maximum atomic E-state index is 13.7. The number of hydrogen-bond acceptors (Lipinski definition) is 7. The summed E-state index contributed by atoms with van der Waals surface area (Å²) < 4.78 is 0. The monoisotopic (exact) mass is 576 g/mol. The van der Waals surface area contributed by atoms with Crippen LogP contribution in [-0.4, -0.2) is 68.1 Å². The molecular weight excluding hydrogens is 540 g/mol. The van der Waals surface area contributed by atoms with Crippen molar-refractivity contribution in [1.29, 1.82) is 0 Å². The van der Waals surface area contributed by atoms with Crippen molar-refractivity contribution in [1.82, 2.24) is 20.5 Å². The van der Waals surface area contributed by atoms with Crippen LogP contribution in [0.3, 0.4) is 0 Å². The van der Waals surface area contributed by atoms with Gasteiger partial charge in [0.1, 0.15) is 12.3 Å². The van der Waals surface area contributed by atoms with E-state index in [1.807, 2.05) is 49.4 Å². The Morgan fingerprint density at radius 2 is 1.88 bits per heavy atom. The highest BCUT2D eigenvalue weighted by Crippen LogP contribution is 2.29. The van der Waals surface area contributed by atoms with E-state index >= 15 is 0 Å². The van der Waals surface area contributed by atoms with Crippen LogP contribution < -0.4 is 10.6 Å². The highest BCUT2D eigenvalue weighted by molar-refractivity contribution is 7.99. The molecule has 1 aliphatic rings. The van der Waals surface area contributed by atoms with Crippen LogP contribution in [0.25, 0.3) is 0 Å². The molecule has 0 fully saturated rings. The largest absolute Gasteiger partial charge is 0.508 e. The lowest BCUT2D eigenvalue weighted by Gasteiger charge is -2.30. The number of aryl methyl sites for hydroxylation is 1. The summed E-state index contributed by atoms with van der Waals surface area (Å²) in [5.41, 5.74) is 3.40. The molecular formula is C31H36N4O5S. The van der Waals surface area contributed by atoms with Crippen LogP contribution in [0.1, 0.15) is 52.1 Å². The number of aliphatic hydroxyl groups is 1. The van der Waals surface area contributed by atoms with Gasteiger partial charge in [-0.05, 0) is 61.3 Å². The number of nitrogens with zero attached hydrogens (tertiary/aromatic N) is 2. The zero-order valence-electron chi connectivity index (χ0n) is 23.2. The first-order valence-corrected chi connectivity index (χ1v) is 14.8. The third-order valence-electron chi connectivity index (χ3n) is 7.20. The molecule has 0 aliphatic heterocycles. The molecule has 0 spiro atoms. The van der Waals surface area contributed by atoms with Crippen LogP contribution in [0.15, 0.2) is 66.9 Å². The summed E-state index contributed by atoms with van der Waals surface area (Å²) in [5, 5.41) is 27.2. The van der Waals surface area contributed by atoms with Crippen molar-refractivity contribution in [2.24, 2.45) is 0 Å². The lowest BCUT2D eigenvalue weighted by molar-refractivity contribution is -0.143. The van der Waals surface area contributed by atoms with E-state index in [0.717, 1.165) is 29.7 Å². The molecule has 9 nitrogen and oxygen atoms in total. The average Bonchev–Trinajstić information content (AvgIpc) is 3.38. The number of hydrogen-bond donors (Lipinski definition) is 4. The normalized spacial score (nSPS) is 15.4. The molecule has 4 N–H and O–H groups in total. The van der Waals surface area contributed by atoms with Crippen molar-refractivity contribution < 1.29 is 24.6 Å². The van der Waals surface area contributed by atoms with E-state index < -0.39 is 24.0 Å². The van der Waals surface area contributed by atoms with Gasteiger partial charge in [0, 0.05) is 23.0 Å². The van der Waals surface area contributed by atoms with Gasteiger partial charge >= 0.3 is 0 Å². The number of pyridine rings is 1. The number of nitrogens with one attached hydrogen (secondary N) is 2. The van der Waals surface area contributed by atoms with E-state index in [-0.39, 0.29) is 42.1 Å². The number of aromatic nitrogens is 1. The minimum absolute atomic E-state index is 0.0247. The van der Waals surface area contributed by atoms with Gasteiger partial charge in [0.05, 0.1) is 18.0 Å². The molecule has 216 valence electrons. The maximum Gasteiger partial charge on any atom is 0.254 e. The number of phenolic OH excluding ortho intramolecular Hbond substituents is 1. The van der Waals surface area contributed by atoms with Crippen LogP contribution >= 0.6 is 11.8 Å². The number of benzene rings is 2. The number of carbonyl (C=O) groups is 3. The van der Waals surface area contributed by atoms with Gasteiger partial charge in [0.2, 0.25) is 5.91 Å². The third kappa shape index (κ3) is 7.65. The number of phenols is 1. The molecule has 0 saturated carbocycles. The molecule has 3 atom stereocenters. The predicted molar refractivity (Wildman–Crippen MR) is 158 cm³/mol. The van der Waals surface area contributed by atoms with Gasteiger partial charge in [-0.25, -0.2) is 0 Å². The molecule has 3 amide bonds. The Bertz CT molecular complexity index is 1370. The van der Waals surface area contributed by atoms with E-state index in [1.54, 1.807) is 25.3 Å². The Balaban J connectivity index is 1.51. The second-order valence-corrected chi connectivity index (χ2v) is 11.3. The molecule has 4 rings (SSSR count). The fraction of sp³-hybridized carbons (Fsp3) is 0.355. The molecule has 0 unspecified atom stereocenters. The number of amides is 3. The molecule has 41 heavy (non-hydrogen) atoms. The molecule has 0 saturated heterocycles. The van der Waals surface area contributed by atoms with E-state index in [2.05, 4.69) is 15.6 Å². The van der Waals surface area contributed by atoms with E-state index in [0.29, 0.717) is 11.3 Å². The number of fused-ring (bicyclic) bond motifs is 1. The summed E-state index contributed by atoms with van der Waals surface area (Å²) in [6, 6.07) is 16.5. The third-order valence-corrected chi connectivity index (χ3v) is 8.10. The summed E-state index contributed by atoms with van der Waals surface area (Å²) in [6.45, 7) is 3.34. The summed E-state index contributed by atoms with van der Waals surface area (Å²) in [6.07, 6.45) is 1.81. The summed E-state index contributed by atoms with van der Waals surface area (Å²) in [4.78, 5) is 45.7. The van der Waals surface area contributed by atoms with Gasteiger partial charge in [-0.1, -0.05) is 49.4 Å². The van der Waals surface area contributed by atoms with Crippen molar-refractivity contribution in [3.05, 3.63) is 94.8 Å². The number of aliphatic hydroxyl groups excluding tert-OH is 1. The van der Waals surface area contributed by atoms with Crippen LogP contribution in [0.4, 0.5) is 0 Å². The highest BCUT2D eigenvalue weighted by atomic mass is 32.2. The first-order chi connectivity index (χ1) is 19.8. The standard InChI is InChI=1S/C31H36N4O5S/c1-3-41-19-35(18-28(37)33-25-15-14-24-23(25)12-8-16-32-24)31(40)29(38)26(17-21-9-5-4-6-10-21)34-30(39)22-11-7-13-27(36)20(22)2/h4-13,16,25-26,29,36,38H,3,14-15,17-19H2,1-2H3,(H,33,37)(H,34,39)/t25-,26-,29-/m0/s1. The molecule has 1 aliphatic carbocycles. The van der Waals surface area contributed by atoms with Gasteiger partial charge in [-0.15, -0.1) is 11.8 Å². The van der Waals surface area contributed by atoms with Gasteiger partial charge in [-0.3, -0.25) is 19.4 Å². The molecule has 10 heteroatoms. The zero-order chi connectivity index (χ0) is 29.4. The Labute approximate surface area is 244 Å². The van der Waals surface area contributed by atoms with Crippen molar-refractivity contribution >= 4 is 29.5 Å². The van der Waals surface area contributed by atoms with Crippen LogP contribution in [-0.2, 0) is 22.4 Å². The lowest BCUT2D eigenvalue weighted by Crippen LogP contribution is -2.54. The van der Waals surface area contributed by atoms with E-state index in [9.17, 15) is 24.6 Å². The smallest absolute Gasteiger partial charge is 0.254 e. The van der Waals surface area contributed by atoms with Crippen molar-refractivity contribution in [3.63, 3.8) is 0 Å². The molecule has 1 heterocycles. The number of rotatable bonds is 12. The first-order valence-electron chi connectivity index (χ1n) is 13.7. The minimum atomic E-state index is -1.61. The Morgan fingerprint density at radius 3 is 2.63 bits per heavy atom. The fourth-order valence-electron chi connectivity index (χ4n) is 4.95. The Kier molecular flexibility index (Phi) is 10.4. The van der Waals surface area contributed by atoms with Crippen LogP contribution in [0.2, 0.25) is 0 Å².